The molecule has 0 bridgehead atoms. The van der Waals surface area contributed by atoms with Crippen LogP contribution < -0.4 is 4.74 Å². The van der Waals surface area contributed by atoms with Gasteiger partial charge in [0.05, 0.1) is 5.56 Å². The second-order valence-corrected chi connectivity index (χ2v) is 6.72. The van der Waals surface area contributed by atoms with Crippen molar-refractivity contribution in [3.05, 3.63) is 65.7 Å². The Balaban J connectivity index is 1.71. The van der Waals surface area contributed by atoms with Crippen LogP contribution in [0.1, 0.15) is 16.5 Å². The van der Waals surface area contributed by atoms with Crippen molar-refractivity contribution in [3.63, 3.8) is 0 Å². The Labute approximate surface area is 147 Å². The molecule has 2 aromatic carbocycles. The van der Waals surface area contributed by atoms with E-state index in [1.54, 1.807) is 35.2 Å². The monoisotopic (exact) mass is 367 g/mol. The molecule has 1 saturated heterocycles. The van der Waals surface area contributed by atoms with E-state index in [2.05, 4.69) is 0 Å². The van der Waals surface area contributed by atoms with Crippen LogP contribution in [-0.2, 0) is 11.0 Å². The van der Waals surface area contributed by atoms with Crippen molar-refractivity contribution in [2.24, 2.45) is 0 Å². The topological polar surface area (TPSA) is 29.5 Å². The number of nitrogens with zero attached hydrogens (tertiary/aromatic N) is 1. The molecule has 0 unspecified atom stereocenters. The first kappa shape index (κ1) is 17.7. The van der Waals surface area contributed by atoms with E-state index in [0.29, 0.717) is 23.6 Å². The molecule has 3 nitrogen and oxygen atoms in total. The van der Waals surface area contributed by atoms with Crippen LogP contribution in [0.15, 0.2) is 54.6 Å². The Hall–Kier alpha value is -2.15. The van der Waals surface area contributed by atoms with Gasteiger partial charge in [-0.1, -0.05) is 30.3 Å². The first-order valence-corrected chi connectivity index (χ1v) is 8.76. The van der Waals surface area contributed by atoms with Gasteiger partial charge in [-0.05, 0) is 29.8 Å². The molecule has 0 aliphatic carbocycles. The molecule has 1 amide bonds. The van der Waals surface area contributed by atoms with Crippen LogP contribution in [-0.4, -0.2) is 29.7 Å². The molecule has 1 aliphatic rings. The molecule has 1 fully saturated rings. The molecular weight excluding hydrogens is 351 g/mol. The van der Waals surface area contributed by atoms with Crippen molar-refractivity contribution in [1.82, 2.24) is 4.90 Å². The van der Waals surface area contributed by atoms with Crippen LogP contribution >= 0.6 is 11.8 Å². The molecule has 1 aliphatic heterocycles. The summed E-state index contributed by atoms with van der Waals surface area (Å²) in [7, 11) is 0. The summed E-state index contributed by atoms with van der Waals surface area (Å²) in [5, 5.41) is -0.422. The normalized spacial score (nSPS) is 17.6. The Morgan fingerprint density at radius 2 is 1.92 bits per heavy atom. The largest absolute Gasteiger partial charge is 0.484 e. The maximum Gasteiger partial charge on any atom is 0.416 e. The number of halogens is 3. The van der Waals surface area contributed by atoms with Gasteiger partial charge in [0.25, 0.3) is 5.91 Å². The summed E-state index contributed by atoms with van der Waals surface area (Å²) in [6, 6.07) is 14.1. The first-order chi connectivity index (χ1) is 11.9. The molecule has 1 atom stereocenters. The quantitative estimate of drug-likeness (QED) is 0.804. The van der Waals surface area contributed by atoms with Gasteiger partial charge in [0.1, 0.15) is 11.1 Å². The van der Waals surface area contributed by atoms with E-state index in [0.717, 1.165) is 12.1 Å². The fourth-order valence-electron chi connectivity index (χ4n) is 2.61. The van der Waals surface area contributed by atoms with E-state index in [4.69, 9.17) is 4.74 Å². The lowest BCUT2D eigenvalue weighted by Crippen LogP contribution is -2.34. The minimum absolute atomic E-state index is 0.139. The van der Waals surface area contributed by atoms with Crippen LogP contribution in [0.4, 0.5) is 13.2 Å². The van der Waals surface area contributed by atoms with Crippen LogP contribution in [0.25, 0.3) is 0 Å². The third-order valence-corrected chi connectivity index (χ3v) is 5.08. The maximum atomic E-state index is 12.9. The predicted octanol–water partition coefficient (Wildman–Crippen LogP) is 4.36. The number of hydrogen-bond donors (Lipinski definition) is 0. The summed E-state index contributed by atoms with van der Waals surface area (Å²) in [5.41, 5.74) is -0.226. The van der Waals surface area contributed by atoms with Gasteiger partial charge in [-0.2, -0.15) is 13.2 Å². The van der Waals surface area contributed by atoms with Crippen molar-refractivity contribution in [3.8, 4) is 5.75 Å². The van der Waals surface area contributed by atoms with Crippen molar-refractivity contribution in [1.29, 1.82) is 0 Å². The average Bonchev–Trinajstić information content (AvgIpc) is 3.10. The molecule has 7 heteroatoms. The van der Waals surface area contributed by atoms with E-state index in [-0.39, 0.29) is 12.5 Å². The van der Waals surface area contributed by atoms with Crippen molar-refractivity contribution < 1.29 is 22.7 Å². The zero-order valence-electron chi connectivity index (χ0n) is 13.2. The minimum atomic E-state index is -4.40. The summed E-state index contributed by atoms with van der Waals surface area (Å²) in [6.07, 6.45) is -4.40. The standard InChI is InChI=1S/C18H16F3NO2S/c19-18(20,21)14-6-4-5-13(11-14)17-22(9-10-25-17)16(23)12-24-15-7-2-1-3-8-15/h1-8,11,17H,9-10,12H2/t17-/m0/s1. The first-order valence-electron chi connectivity index (χ1n) is 7.71. The fraction of sp³-hybridized carbons (Fsp3) is 0.278. The second-order valence-electron chi connectivity index (χ2n) is 5.54. The summed E-state index contributed by atoms with van der Waals surface area (Å²) >= 11 is 1.46. The third kappa shape index (κ3) is 4.28. The molecule has 3 rings (SSSR count). The van der Waals surface area contributed by atoms with Gasteiger partial charge in [-0.15, -0.1) is 11.8 Å². The van der Waals surface area contributed by atoms with Crippen LogP contribution in [0, 0.1) is 0 Å². The Morgan fingerprint density at radius 1 is 1.16 bits per heavy atom. The van der Waals surface area contributed by atoms with Gasteiger partial charge in [0.15, 0.2) is 6.61 Å². The number of carbonyl (C=O) groups is 1. The highest BCUT2D eigenvalue weighted by Crippen LogP contribution is 2.40. The van der Waals surface area contributed by atoms with Crippen molar-refractivity contribution in [2.45, 2.75) is 11.6 Å². The number of hydrogen-bond acceptors (Lipinski definition) is 3. The smallest absolute Gasteiger partial charge is 0.416 e. The lowest BCUT2D eigenvalue weighted by Gasteiger charge is -2.24. The summed E-state index contributed by atoms with van der Waals surface area (Å²) < 4.78 is 44.2. The second kappa shape index (κ2) is 7.39. The molecule has 132 valence electrons. The fourth-order valence-corrected chi connectivity index (χ4v) is 3.88. The van der Waals surface area contributed by atoms with E-state index >= 15 is 0 Å². The number of thioether (sulfide) groups is 1. The van der Waals surface area contributed by atoms with E-state index in [1.807, 2.05) is 6.07 Å². The van der Waals surface area contributed by atoms with E-state index in [1.165, 1.54) is 17.8 Å². The third-order valence-electron chi connectivity index (χ3n) is 3.82. The van der Waals surface area contributed by atoms with E-state index < -0.39 is 17.1 Å². The number of alkyl halides is 3. The highest BCUT2D eigenvalue weighted by Gasteiger charge is 2.34. The molecule has 0 N–H and O–H groups in total. The van der Waals surface area contributed by atoms with Gasteiger partial charge in [0.2, 0.25) is 0 Å². The molecule has 0 radical (unpaired) electrons. The Kier molecular flexibility index (Phi) is 5.22. The number of ether oxygens (including phenoxy) is 1. The molecule has 0 spiro atoms. The van der Waals surface area contributed by atoms with Crippen molar-refractivity contribution in [2.75, 3.05) is 18.9 Å². The lowest BCUT2D eigenvalue weighted by molar-refractivity contribution is -0.137. The lowest BCUT2D eigenvalue weighted by atomic mass is 10.1. The molecule has 0 saturated carbocycles. The summed E-state index contributed by atoms with van der Waals surface area (Å²) in [5.74, 6) is 1.02. The SMILES string of the molecule is O=C(COc1ccccc1)N1CCS[C@H]1c1cccc(C(F)(F)F)c1. The number of amides is 1. The zero-order chi connectivity index (χ0) is 17.9. The van der Waals surface area contributed by atoms with E-state index in [9.17, 15) is 18.0 Å². The number of para-hydroxylation sites is 1. The zero-order valence-corrected chi connectivity index (χ0v) is 14.0. The molecule has 1 heterocycles. The van der Waals surface area contributed by atoms with Gasteiger partial charge in [0, 0.05) is 12.3 Å². The van der Waals surface area contributed by atoms with Gasteiger partial charge >= 0.3 is 6.18 Å². The number of carbonyl (C=O) groups excluding carboxylic acids is 1. The van der Waals surface area contributed by atoms with Gasteiger partial charge < -0.3 is 9.64 Å². The van der Waals surface area contributed by atoms with Crippen LogP contribution in [0.3, 0.4) is 0 Å². The summed E-state index contributed by atoms with van der Waals surface area (Å²) in [6.45, 7) is 0.350. The van der Waals surface area contributed by atoms with Gasteiger partial charge in [-0.25, -0.2) is 0 Å². The number of rotatable bonds is 4. The molecule has 2 aromatic rings. The summed E-state index contributed by atoms with van der Waals surface area (Å²) in [4.78, 5) is 14.0. The maximum absolute atomic E-state index is 12.9. The Morgan fingerprint density at radius 3 is 2.64 bits per heavy atom. The molecule has 25 heavy (non-hydrogen) atoms. The average molecular weight is 367 g/mol. The highest BCUT2D eigenvalue weighted by atomic mass is 32.2. The molecular formula is C18H16F3NO2S. The molecule has 0 aromatic heterocycles. The predicted molar refractivity (Wildman–Crippen MR) is 90.3 cm³/mol. The number of benzene rings is 2. The Bertz CT molecular complexity index is 737. The highest BCUT2D eigenvalue weighted by molar-refractivity contribution is 7.99. The van der Waals surface area contributed by atoms with Crippen LogP contribution in [0.5, 0.6) is 5.75 Å². The van der Waals surface area contributed by atoms with Crippen molar-refractivity contribution >= 4 is 17.7 Å². The van der Waals surface area contributed by atoms with Crippen LogP contribution in [0.2, 0.25) is 0 Å². The van der Waals surface area contributed by atoms with Gasteiger partial charge in [-0.3, -0.25) is 4.79 Å². The minimum Gasteiger partial charge on any atom is -0.484 e.